The van der Waals surface area contributed by atoms with Crippen molar-refractivity contribution in [1.82, 2.24) is 20.2 Å². The van der Waals surface area contributed by atoms with Crippen LogP contribution in [0.5, 0.6) is 5.75 Å². The first kappa shape index (κ1) is 25.2. The van der Waals surface area contributed by atoms with Gasteiger partial charge in [0.25, 0.3) is 5.91 Å². The van der Waals surface area contributed by atoms with Gasteiger partial charge in [0.15, 0.2) is 0 Å². The summed E-state index contributed by atoms with van der Waals surface area (Å²) in [6.45, 7) is 4.03. The smallest absolute Gasteiger partial charge is 0.261 e. The molecule has 3 heterocycles. The molecule has 9 nitrogen and oxygen atoms in total. The Morgan fingerprint density at radius 2 is 2.20 bits per heavy atom. The minimum Gasteiger partial charge on any atom is -0.486 e. The molecule has 4 rings (SSSR count). The van der Waals surface area contributed by atoms with E-state index in [-0.39, 0.29) is 18.1 Å². The molecule has 35 heavy (non-hydrogen) atoms. The third-order valence-electron chi connectivity index (χ3n) is 5.70. The molecule has 1 aliphatic heterocycles. The SMILES string of the molecule is COC(CNC(=O)c1sc2ncnc(Nc3ccc(F)cc3O[C@H]3CCOC3)c2c1C)CN(C)C. The van der Waals surface area contributed by atoms with Crippen molar-refractivity contribution in [2.45, 2.75) is 25.6 Å². The summed E-state index contributed by atoms with van der Waals surface area (Å²) in [5, 5.41) is 6.95. The topological polar surface area (TPSA) is 97.8 Å². The van der Waals surface area contributed by atoms with E-state index in [1.807, 2.05) is 25.9 Å². The molecule has 0 saturated carbocycles. The van der Waals surface area contributed by atoms with Crippen LogP contribution in [0.3, 0.4) is 0 Å². The highest BCUT2D eigenvalue weighted by Crippen LogP contribution is 2.37. The van der Waals surface area contributed by atoms with E-state index in [1.54, 1.807) is 13.2 Å². The second-order valence-corrected chi connectivity index (χ2v) is 9.66. The molecule has 3 aromatic rings. The van der Waals surface area contributed by atoms with Crippen LogP contribution in [0.25, 0.3) is 10.2 Å². The number of carbonyl (C=O) groups excluding carboxylic acids is 1. The molecule has 0 aliphatic carbocycles. The van der Waals surface area contributed by atoms with E-state index in [1.165, 1.54) is 29.8 Å². The molecule has 1 unspecified atom stereocenters. The van der Waals surface area contributed by atoms with Crippen molar-refractivity contribution in [3.05, 3.63) is 40.8 Å². The number of amides is 1. The minimum atomic E-state index is -0.397. The number of hydrogen-bond acceptors (Lipinski definition) is 9. The van der Waals surface area contributed by atoms with Gasteiger partial charge in [0.1, 0.15) is 34.6 Å². The molecule has 0 spiro atoms. The van der Waals surface area contributed by atoms with Gasteiger partial charge in [-0.3, -0.25) is 4.79 Å². The van der Waals surface area contributed by atoms with Crippen LogP contribution in [-0.2, 0) is 9.47 Å². The predicted octanol–water partition coefficient (Wildman–Crippen LogP) is 3.36. The van der Waals surface area contributed by atoms with E-state index in [0.717, 1.165) is 17.4 Å². The van der Waals surface area contributed by atoms with Crippen molar-refractivity contribution in [1.29, 1.82) is 0 Å². The van der Waals surface area contributed by atoms with Crippen LogP contribution in [0.15, 0.2) is 24.5 Å². The highest BCUT2D eigenvalue weighted by molar-refractivity contribution is 7.20. The van der Waals surface area contributed by atoms with E-state index in [9.17, 15) is 9.18 Å². The van der Waals surface area contributed by atoms with E-state index in [2.05, 4.69) is 20.6 Å². The largest absolute Gasteiger partial charge is 0.486 e. The zero-order valence-electron chi connectivity index (χ0n) is 20.3. The maximum absolute atomic E-state index is 14.0. The molecule has 1 fully saturated rings. The van der Waals surface area contributed by atoms with Gasteiger partial charge in [0.2, 0.25) is 0 Å². The van der Waals surface area contributed by atoms with Crippen molar-refractivity contribution >= 4 is 39.0 Å². The number of fused-ring (bicyclic) bond motifs is 1. The number of methoxy groups -OCH3 is 1. The maximum atomic E-state index is 14.0. The van der Waals surface area contributed by atoms with Gasteiger partial charge in [-0.1, -0.05) is 0 Å². The van der Waals surface area contributed by atoms with E-state index >= 15 is 0 Å². The first-order chi connectivity index (χ1) is 16.9. The Labute approximate surface area is 207 Å². The predicted molar refractivity (Wildman–Crippen MR) is 133 cm³/mol. The number of hydrogen-bond donors (Lipinski definition) is 2. The zero-order chi connectivity index (χ0) is 24.9. The van der Waals surface area contributed by atoms with Crippen molar-refractivity contribution in [3.63, 3.8) is 0 Å². The van der Waals surface area contributed by atoms with Gasteiger partial charge in [-0.15, -0.1) is 11.3 Å². The molecule has 11 heteroatoms. The number of rotatable bonds is 10. The number of nitrogens with one attached hydrogen (secondary N) is 2. The number of thiophene rings is 1. The molecule has 1 saturated heterocycles. The van der Waals surface area contributed by atoms with Crippen molar-refractivity contribution in [2.75, 3.05) is 52.8 Å². The Kier molecular flexibility index (Phi) is 8.11. The molecular weight excluding hydrogens is 473 g/mol. The van der Waals surface area contributed by atoms with Gasteiger partial charge >= 0.3 is 0 Å². The van der Waals surface area contributed by atoms with Gasteiger partial charge in [-0.05, 0) is 38.7 Å². The first-order valence-corrected chi connectivity index (χ1v) is 12.2. The lowest BCUT2D eigenvalue weighted by Gasteiger charge is -2.19. The molecule has 2 atom stereocenters. The number of halogens is 1. The Morgan fingerprint density at radius 3 is 2.91 bits per heavy atom. The number of aromatic nitrogens is 2. The van der Waals surface area contributed by atoms with Crippen LogP contribution in [0.1, 0.15) is 21.7 Å². The van der Waals surface area contributed by atoms with Crippen LogP contribution in [0.2, 0.25) is 0 Å². The molecule has 0 bridgehead atoms. The molecule has 1 aliphatic rings. The van der Waals surface area contributed by atoms with Gasteiger partial charge in [0, 0.05) is 32.7 Å². The molecule has 2 N–H and O–H groups in total. The summed E-state index contributed by atoms with van der Waals surface area (Å²) in [5.41, 5.74) is 1.34. The molecular formula is C24H30FN5O4S. The van der Waals surface area contributed by atoms with Crippen LogP contribution in [0.4, 0.5) is 15.9 Å². The molecule has 2 aromatic heterocycles. The van der Waals surface area contributed by atoms with Crippen LogP contribution in [-0.4, -0.2) is 80.5 Å². The zero-order valence-corrected chi connectivity index (χ0v) is 21.1. The second-order valence-electron chi connectivity index (χ2n) is 8.66. The Morgan fingerprint density at radius 1 is 1.37 bits per heavy atom. The molecule has 1 aromatic carbocycles. The van der Waals surface area contributed by atoms with E-state index in [4.69, 9.17) is 14.2 Å². The lowest BCUT2D eigenvalue weighted by Crippen LogP contribution is -2.38. The molecule has 0 radical (unpaired) electrons. The number of aryl methyl sites for hydroxylation is 1. The number of carbonyl (C=O) groups is 1. The second kappa shape index (κ2) is 11.3. The highest BCUT2D eigenvalue weighted by atomic mass is 32.1. The minimum absolute atomic E-state index is 0.122. The average molecular weight is 504 g/mol. The van der Waals surface area contributed by atoms with Gasteiger partial charge in [-0.25, -0.2) is 14.4 Å². The Bertz CT molecular complexity index is 1180. The van der Waals surface area contributed by atoms with Crippen molar-refractivity contribution < 1.29 is 23.4 Å². The summed E-state index contributed by atoms with van der Waals surface area (Å²) in [4.78, 5) is 25.0. The Hall–Kier alpha value is -2.86. The van der Waals surface area contributed by atoms with Gasteiger partial charge in [0.05, 0.1) is 35.3 Å². The molecule has 188 valence electrons. The molecule has 1 amide bonds. The van der Waals surface area contributed by atoms with E-state index in [0.29, 0.717) is 53.3 Å². The fraction of sp³-hybridized carbons (Fsp3) is 0.458. The number of ether oxygens (including phenoxy) is 3. The van der Waals surface area contributed by atoms with Crippen molar-refractivity contribution in [2.24, 2.45) is 0 Å². The first-order valence-electron chi connectivity index (χ1n) is 11.4. The average Bonchev–Trinajstić information content (AvgIpc) is 3.46. The van der Waals surface area contributed by atoms with Crippen LogP contribution in [0, 0.1) is 12.7 Å². The van der Waals surface area contributed by atoms with Gasteiger partial charge in [-0.2, -0.15) is 0 Å². The summed E-state index contributed by atoms with van der Waals surface area (Å²) in [6, 6.07) is 4.32. The number of nitrogens with zero attached hydrogens (tertiary/aromatic N) is 3. The fourth-order valence-electron chi connectivity index (χ4n) is 3.91. The standard InChI is InChI=1S/C24H30FN5O4S/c1-14-20-22(29-18-6-5-15(25)9-19(18)34-16-7-8-33-12-16)27-13-28-24(20)35-21(14)23(31)26-10-17(32-4)11-30(2)3/h5-6,9,13,16-17H,7-8,10-12H2,1-4H3,(H,26,31)(H,27,28,29)/t16-,17?/m0/s1. The Balaban J connectivity index is 1.57. The van der Waals surface area contributed by atoms with Crippen molar-refractivity contribution in [3.8, 4) is 5.75 Å². The highest BCUT2D eigenvalue weighted by Gasteiger charge is 2.22. The monoisotopic (exact) mass is 503 g/mol. The fourth-order valence-corrected chi connectivity index (χ4v) is 4.97. The lowest BCUT2D eigenvalue weighted by molar-refractivity contribution is 0.0707. The van der Waals surface area contributed by atoms with Crippen LogP contribution < -0.4 is 15.4 Å². The third kappa shape index (κ3) is 6.04. The number of likely N-dealkylation sites (N-methyl/N-ethyl adjacent to an activating group) is 1. The summed E-state index contributed by atoms with van der Waals surface area (Å²) in [6.07, 6.45) is 1.93. The lowest BCUT2D eigenvalue weighted by atomic mass is 10.2. The summed E-state index contributed by atoms with van der Waals surface area (Å²) in [7, 11) is 5.54. The maximum Gasteiger partial charge on any atom is 0.261 e. The number of benzene rings is 1. The number of anilines is 2. The third-order valence-corrected chi connectivity index (χ3v) is 6.90. The normalized spacial score (nSPS) is 16.6. The summed E-state index contributed by atoms with van der Waals surface area (Å²) in [5.74, 6) is 0.310. The summed E-state index contributed by atoms with van der Waals surface area (Å²) < 4.78 is 30.8. The van der Waals surface area contributed by atoms with Crippen LogP contribution >= 0.6 is 11.3 Å². The van der Waals surface area contributed by atoms with E-state index < -0.39 is 5.82 Å². The quantitative estimate of drug-likeness (QED) is 0.435. The summed E-state index contributed by atoms with van der Waals surface area (Å²) >= 11 is 1.30. The van der Waals surface area contributed by atoms with Gasteiger partial charge < -0.3 is 29.7 Å².